The van der Waals surface area contributed by atoms with Gasteiger partial charge in [-0.3, -0.25) is 9.59 Å². The van der Waals surface area contributed by atoms with Gasteiger partial charge in [-0.1, -0.05) is 19.3 Å². The Morgan fingerprint density at radius 2 is 1.11 bits per heavy atom. The molecule has 0 aliphatic heterocycles. The second-order valence-corrected chi connectivity index (χ2v) is 4.18. The Hall–Kier alpha value is -2.02. The summed E-state index contributed by atoms with van der Waals surface area (Å²) in [6.07, 6.45) is 13.7. The maximum absolute atomic E-state index is 10.4. The van der Waals surface area contributed by atoms with E-state index in [1.165, 1.54) is 18.6 Å². The number of carbonyl (C=O) groups excluding carboxylic acids is 2. The lowest BCUT2D eigenvalue weighted by Crippen LogP contribution is -2.04. The molecule has 0 aliphatic rings. The highest BCUT2D eigenvalue weighted by atomic mass is 16.1. The van der Waals surface area contributed by atoms with Gasteiger partial charge in [-0.2, -0.15) is 0 Å². The topological polar surface area (TPSA) is 86.2 Å². The Morgan fingerprint density at radius 1 is 0.737 bits per heavy atom. The average molecular weight is 262 g/mol. The molecule has 0 saturated heterocycles. The minimum Gasteiger partial charge on any atom is -0.366 e. The second-order valence-electron chi connectivity index (χ2n) is 4.18. The van der Waals surface area contributed by atoms with Crippen molar-refractivity contribution < 1.29 is 9.59 Å². The molecule has 19 heavy (non-hydrogen) atoms. The molecule has 0 aromatic rings. The van der Waals surface area contributed by atoms with Crippen molar-refractivity contribution in [2.24, 2.45) is 11.5 Å². The van der Waals surface area contributed by atoms with Crippen LogP contribution < -0.4 is 11.5 Å². The molecular weight excluding hydrogens is 240 g/mol. The second kappa shape index (κ2) is 12.4. The molecule has 2 amide bonds. The van der Waals surface area contributed by atoms with E-state index in [1.54, 1.807) is 0 Å². The van der Waals surface area contributed by atoms with Crippen LogP contribution in [0.1, 0.15) is 44.9 Å². The predicted octanol–water partition coefficient (Wildman–Crippen LogP) is 2.11. The molecule has 0 heterocycles. The van der Waals surface area contributed by atoms with Crippen molar-refractivity contribution in [3.8, 4) is 0 Å². The summed E-state index contributed by atoms with van der Waals surface area (Å²) in [6.45, 7) is 0. The highest BCUT2D eigenvalue weighted by Gasteiger charge is 1.88. The molecule has 0 fully saturated rings. The molecule has 0 saturated carbocycles. The minimum absolute atomic E-state index is 0.463. The lowest BCUT2D eigenvalue weighted by Gasteiger charge is -1.97. The summed E-state index contributed by atoms with van der Waals surface area (Å²) in [5.74, 6) is -0.927. The molecule has 0 radical (unpaired) electrons. The standard InChI is InChI=1S/C15H22N2O2/c16-14(18)12-10-8-6-4-2-1-3-5-7-9-11-13-15(17)19/h8-9,12-13H,1-7H2,(H2,16,18)(H2,17,19). The van der Waals surface area contributed by atoms with Gasteiger partial charge >= 0.3 is 0 Å². The monoisotopic (exact) mass is 262 g/mol. The van der Waals surface area contributed by atoms with Crippen LogP contribution in [0.3, 0.4) is 0 Å². The Balaban J connectivity index is 3.37. The molecule has 0 aliphatic carbocycles. The van der Waals surface area contributed by atoms with Crippen LogP contribution in [0, 0.1) is 0 Å². The van der Waals surface area contributed by atoms with E-state index in [0.717, 1.165) is 38.5 Å². The molecule has 4 N–H and O–H groups in total. The average Bonchev–Trinajstić information content (AvgIpc) is 2.34. The van der Waals surface area contributed by atoms with Crippen LogP contribution in [-0.4, -0.2) is 11.8 Å². The van der Waals surface area contributed by atoms with Gasteiger partial charge in [-0.15, -0.1) is 11.5 Å². The van der Waals surface area contributed by atoms with Crippen molar-refractivity contribution in [1.29, 1.82) is 0 Å². The van der Waals surface area contributed by atoms with Gasteiger partial charge in [0.2, 0.25) is 11.8 Å². The number of carbonyl (C=O) groups is 2. The van der Waals surface area contributed by atoms with Crippen LogP contribution in [0.15, 0.2) is 35.8 Å². The van der Waals surface area contributed by atoms with Crippen LogP contribution in [0.25, 0.3) is 0 Å². The van der Waals surface area contributed by atoms with Crippen LogP contribution >= 0.6 is 0 Å². The highest BCUT2D eigenvalue weighted by Crippen LogP contribution is 2.07. The molecule has 0 unspecified atom stereocenters. The van der Waals surface area contributed by atoms with Gasteiger partial charge in [-0.25, -0.2) is 0 Å². The fraction of sp³-hybridized carbons (Fsp3) is 0.467. The zero-order chi connectivity index (χ0) is 14.3. The third kappa shape index (κ3) is 16.0. The molecule has 4 heteroatoms. The molecule has 0 rings (SSSR count). The summed E-state index contributed by atoms with van der Waals surface area (Å²) in [5.41, 5.74) is 15.3. The van der Waals surface area contributed by atoms with E-state index in [1.807, 2.05) is 12.2 Å². The first-order valence-corrected chi connectivity index (χ1v) is 6.53. The maximum Gasteiger partial charge on any atom is 0.249 e. The van der Waals surface area contributed by atoms with Crippen LogP contribution in [-0.2, 0) is 9.59 Å². The maximum atomic E-state index is 10.4. The van der Waals surface area contributed by atoms with E-state index in [4.69, 9.17) is 11.5 Å². The smallest absolute Gasteiger partial charge is 0.249 e. The molecule has 104 valence electrons. The van der Waals surface area contributed by atoms with Gasteiger partial charge in [0.15, 0.2) is 0 Å². The zero-order valence-corrected chi connectivity index (χ0v) is 11.2. The molecule has 4 nitrogen and oxygen atoms in total. The minimum atomic E-state index is -0.463. The first-order chi connectivity index (χ1) is 9.13. The van der Waals surface area contributed by atoms with E-state index in [9.17, 15) is 9.59 Å². The van der Waals surface area contributed by atoms with E-state index < -0.39 is 11.8 Å². The van der Waals surface area contributed by atoms with Crippen LogP contribution in [0.5, 0.6) is 0 Å². The van der Waals surface area contributed by atoms with Crippen LogP contribution in [0.4, 0.5) is 0 Å². The number of nitrogens with two attached hydrogens (primary N) is 2. The number of rotatable bonds is 10. The van der Waals surface area contributed by atoms with Gasteiger partial charge in [0.05, 0.1) is 0 Å². The number of amides is 2. The van der Waals surface area contributed by atoms with Crippen molar-refractivity contribution in [3.05, 3.63) is 35.8 Å². The van der Waals surface area contributed by atoms with Crippen LogP contribution in [0.2, 0.25) is 0 Å². The summed E-state index contributed by atoms with van der Waals surface area (Å²) >= 11 is 0. The van der Waals surface area contributed by atoms with Gasteiger partial charge in [-0.05, 0) is 37.8 Å². The third-order valence-electron chi connectivity index (χ3n) is 2.38. The summed E-state index contributed by atoms with van der Waals surface area (Å²) in [6, 6.07) is 0. The summed E-state index contributed by atoms with van der Waals surface area (Å²) in [4.78, 5) is 20.7. The number of primary amides is 2. The fourth-order valence-corrected chi connectivity index (χ4v) is 1.47. The quantitative estimate of drug-likeness (QED) is 0.359. The first-order valence-electron chi connectivity index (χ1n) is 6.53. The summed E-state index contributed by atoms with van der Waals surface area (Å²) < 4.78 is 0. The van der Waals surface area contributed by atoms with Gasteiger partial charge in [0.1, 0.15) is 0 Å². The van der Waals surface area contributed by atoms with E-state index >= 15 is 0 Å². The van der Waals surface area contributed by atoms with Gasteiger partial charge < -0.3 is 11.5 Å². The van der Waals surface area contributed by atoms with Crippen molar-refractivity contribution in [3.63, 3.8) is 0 Å². The Kier molecular flexibility index (Phi) is 11.1. The van der Waals surface area contributed by atoms with Gasteiger partial charge in [0, 0.05) is 12.2 Å². The van der Waals surface area contributed by atoms with E-state index in [0.29, 0.717) is 0 Å². The normalized spacial score (nSPS) is 8.84. The fourth-order valence-electron chi connectivity index (χ4n) is 1.47. The SMILES string of the molecule is NC(=O)C=C=CCCCCCCCC=C=CC(N)=O. The van der Waals surface area contributed by atoms with Crippen molar-refractivity contribution >= 4 is 11.8 Å². The Labute approximate surface area is 114 Å². The number of hydrogen-bond acceptors (Lipinski definition) is 2. The summed E-state index contributed by atoms with van der Waals surface area (Å²) in [5, 5.41) is 0. The van der Waals surface area contributed by atoms with E-state index in [2.05, 4.69) is 11.5 Å². The van der Waals surface area contributed by atoms with Crippen molar-refractivity contribution in [1.82, 2.24) is 0 Å². The molecule has 0 aromatic carbocycles. The van der Waals surface area contributed by atoms with Gasteiger partial charge in [0.25, 0.3) is 0 Å². The highest BCUT2D eigenvalue weighted by molar-refractivity contribution is 5.85. The molecular formula is C15H22N2O2. The predicted molar refractivity (Wildman–Crippen MR) is 76.0 cm³/mol. The molecule has 0 spiro atoms. The lowest BCUT2D eigenvalue weighted by atomic mass is 10.1. The number of unbranched alkanes of at least 4 members (excludes halogenated alkanes) is 6. The largest absolute Gasteiger partial charge is 0.366 e. The van der Waals surface area contributed by atoms with Crippen molar-refractivity contribution in [2.45, 2.75) is 44.9 Å². The molecule has 0 atom stereocenters. The summed E-state index contributed by atoms with van der Waals surface area (Å²) in [7, 11) is 0. The molecule has 0 bridgehead atoms. The Morgan fingerprint density at radius 3 is 1.47 bits per heavy atom. The first kappa shape index (κ1) is 17.0. The van der Waals surface area contributed by atoms with E-state index in [-0.39, 0.29) is 0 Å². The Bertz CT molecular complexity index is 360. The number of hydrogen-bond donors (Lipinski definition) is 2. The zero-order valence-electron chi connectivity index (χ0n) is 11.2. The molecule has 0 aromatic heterocycles. The van der Waals surface area contributed by atoms with Crippen molar-refractivity contribution in [2.75, 3.05) is 0 Å². The lowest BCUT2D eigenvalue weighted by molar-refractivity contribution is -0.114. The third-order valence-corrected chi connectivity index (χ3v) is 2.38.